The highest BCUT2D eigenvalue weighted by atomic mass is 32.1. The standard InChI is InChI=1S/C16H19N3O2S/c1-12-9-19(10-15(21-12)13-5-7-22-11-13)16(20)18-8-14-4-2-3-6-17-14/h2-7,11-12,15H,8-10H2,1H3,(H,18,20)/t12-,15+/m1/s1. The summed E-state index contributed by atoms with van der Waals surface area (Å²) in [5.41, 5.74) is 1.99. The van der Waals surface area contributed by atoms with Gasteiger partial charge in [-0.25, -0.2) is 4.79 Å². The second-order valence-electron chi connectivity index (χ2n) is 5.38. The van der Waals surface area contributed by atoms with Gasteiger partial charge in [-0.3, -0.25) is 4.98 Å². The molecular formula is C16H19N3O2S. The summed E-state index contributed by atoms with van der Waals surface area (Å²) in [6.45, 7) is 3.62. The number of hydrogen-bond donors (Lipinski definition) is 1. The van der Waals surface area contributed by atoms with Crippen LogP contribution >= 0.6 is 11.3 Å². The second-order valence-corrected chi connectivity index (χ2v) is 6.16. The Balaban J connectivity index is 1.59. The van der Waals surface area contributed by atoms with Crippen molar-refractivity contribution >= 4 is 17.4 Å². The van der Waals surface area contributed by atoms with Crippen LogP contribution in [0, 0.1) is 0 Å². The van der Waals surface area contributed by atoms with Crippen LogP contribution in [0.25, 0.3) is 0 Å². The van der Waals surface area contributed by atoms with Crippen molar-refractivity contribution in [1.29, 1.82) is 0 Å². The van der Waals surface area contributed by atoms with E-state index in [1.54, 1.807) is 17.5 Å². The van der Waals surface area contributed by atoms with E-state index in [4.69, 9.17) is 4.74 Å². The number of carbonyl (C=O) groups is 1. The fourth-order valence-electron chi connectivity index (χ4n) is 2.54. The molecule has 0 aromatic carbocycles. The molecule has 1 N–H and O–H groups in total. The minimum Gasteiger partial charge on any atom is -0.367 e. The third kappa shape index (κ3) is 3.64. The van der Waals surface area contributed by atoms with Gasteiger partial charge in [0, 0.05) is 12.7 Å². The molecular weight excluding hydrogens is 298 g/mol. The van der Waals surface area contributed by atoms with Gasteiger partial charge in [-0.2, -0.15) is 11.3 Å². The lowest BCUT2D eigenvalue weighted by Gasteiger charge is -2.36. The van der Waals surface area contributed by atoms with Crippen molar-refractivity contribution in [2.24, 2.45) is 0 Å². The maximum Gasteiger partial charge on any atom is 0.317 e. The van der Waals surface area contributed by atoms with Crippen LogP contribution in [0.4, 0.5) is 4.79 Å². The average Bonchev–Trinajstić information content (AvgIpc) is 3.07. The number of pyridine rings is 1. The third-order valence-electron chi connectivity index (χ3n) is 3.61. The van der Waals surface area contributed by atoms with Crippen LogP contribution in [-0.4, -0.2) is 35.1 Å². The molecule has 1 saturated heterocycles. The van der Waals surface area contributed by atoms with Crippen LogP contribution in [0.3, 0.4) is 0 Å². The summed E-state index contributed by atoms with van der Waals surface area (Å²) in [6, 6.07) is 7.66. The van der Waals surface area contributed by atoms with E-state index in [2.05, 4.69) is 21.7 Å². The van der Waals surface area contributed by atoms with Gasteiger partial charge in [0.25, 0.3) is 0 Å². The van der Waals surface area contributed by atoms with Gasteiger partial charge in [-0.1, -0.05) is 6.07 Å². The molecule has 2 atom stereocenters. The van der Waals surface area contributed by atoms with Crippen molar-refractivity contribution < 1.29 is 9.53 Å². The normalized spacial score (nSPS) is 21.6. The zero-order valence-corrected chi connectivity index (χ0v) is 13.3. The van der Waals surface area contributed by atoms with Crippen molar-refractivity contribution in [2.75, 3.05) is 13.1 Å². The van der Waals surface area contributed by atoms with E-state index in [-0.39, 0.29) is 18.2 Å². The quantitative estimate of drug-likeness (QED) is 0.947. The topological polar surface area (TPSA) is 54.5 Å². The van der Waals surface area contributed by atoms with E-state index in [9.17, 15) is 4.79 Å². The third-order valence-corrected chi connectivity index (χ3v) is 4.31. The van der Waals surface area contributed by atoms with Crippen LogP contribution in [0.5, 0.6) is 0 Å². The highest BCUT2D eigenvalue weighted by Gasteiger charge is 2.29. The van der Waals surface area contributed by atoms with Gasteiger partial charge in [0.2, 0.25) is 0 Å². The fourth-order valence-corrected chi connectivity index (χ4v) is 3.24. The predicted molar refractivity (Wildman–Crippen MR) is 85.7 cm³/mol. The number of carbonyl (C=O) groups excluding carboxylic acids is 1. The first-order valence-electron chi connectivity index (χ1n) is 7.32. The first kappa shape index (κ1) is 15.0. The molecule has 6 heteroatoms. The van der Waals surface area contributed by atoms with Crippen molar-refractivity contribution in [1.82, 2.24) is 15.2 Å². The molecule has 0 bridgehead atoms. The number of morpholine rings is 1. The molecule has 5 nitrogen and oxygen atoms in total. The first-order chi connectivity index (χ1) is 10.7. The van der Waals surface area contributed by atoms with Gasteiger partial charge in [-0.15, -0.1) is 0 Å². The molecule has 2 aromatic rings. The zero-order valence-electron chi connectivity index (χ0n) is 12.4. The molecule has 1 aliphatic heterocycles. The Morgan fingerprint density at radius 3 is 3.09 bits per heavy atom. The van der Waals surface area contributed by atoms with Crippen LogP contribution in [0.15, 0.2) is 41.2 Å². The van der Waals surface area contributed by atoms with E-state index in [1.165, 1.54) is 0 Å². The van der Waals surface area contributed by atoms with E-state index in [0.29, 0.717) is 19.6 Å². The molecule has 3 heterocycles. The molecule has 0 saturated carbocycles. The van der Waals surface area contributed by atoms with Crippen molar-refractivity contribution in [3.05, 3.63) is 52.5 Å². The number of aromatic nitrogens is 1. The van der Waals surface area contributed by atoms with Crippen LogP contribution in [0.2, 0.25) is 0 Å². The summed E-state index contributed by atoms with van der Waals surface area (Å²) >= 11 is 1.64. The molecule has 0 unspecified atom stereocenters. The Bertz CT molecular complexity index is 603. The lowest BCUT2D eigenvalue weighted by Crippen LogP contribution is -2.49. The van der Waals surface area contributed by atoms with Gasteiger partial charge in [-0.05, 0) is 41.4 Å². The summed E-state index contributed by atoms with van der Waals surface area (Å²) in [7, 11) is 0. The lowest BCUT2D eigenvalue weighted by molar-refractivity contribution is -0.0655. The summed E-state index contributed by atoms with van der Waals surface area (Å²) in [4.78, 5) is 18.4. The summed E-state index contributed by atoms with van der Waals surface area (Å²) in [5, 5.41) is 7.03. The summed E-state index contributed by atoms with van der Waals surface area (Å²) < 4.78 is 5.95. The predicted octanol–water partition coefficient (Wildman–Crippen LogP) is 2.81. The Labute approximate surface area is 133 Å². The molecule has 116 valence electrons. The number of thiophene rings is 1. The van der Waals surface area contributed by atoms with E-state index < -0.39 is 0 Å². The number of nitrogens with zero attached hydrogens (tertiary/aromatic N) is 2. The fraction of sp³-hybridized carbons (Fsp3) is 0.375. The molecule has 2 aromatic heterocycles. The van der Waals surface area contributed by atoms with Crippen molar-refractivity contribution in [3.8, 4) is 0 Å². The monoisotopic (exact) mass is 317 g/mol. The van der Waals surface area contributed by atoms with E-state index in [1.807, 2.05) is 35.4 Å². The number of nitrogens with one attached hydrogen (secondary N) is 1. The number of hydrogen-bond acceptors (Lipinski definition) is 4. The van der Waals surface area contributed by atoms with Crippen molar-refractivity contribution in [3.63, 3.8) is 0 Å². The smallest absolute Gasteiger partial charge is 0.317 e. The van der Waals surface area contributed by atoms with Gasteiger partial charge in [0.15, 0.2) is 0 Å². The van der Waals surface area contributed by atoms with Gasteiger partial charge in [0.1, 0.15) is 6.10 Å². The molecule has 0 aliphatic carbocycles. The Kier molecular flexibility index (Phi) is 4.70. The maximum atomic E-state index is 12.4. The Morgan fingerprint density at radius 1 is 1.45 bits per heavy atom. The van der Waals surface area contributed by atoms with E-state index >= 15 is 0 Å². The SMILES string of the molecule is C[C@@H]1CN(C(=O)NCc2ccccn2)C[C@@H](c2ccsc2)O1. The molecule has 3 rings (SSSR count). The van der Waals surface area contributed by atoms with Gasteiger partial charge in [0.05, 0.1) is 24.9 Å². The minimum atomic E-state index is -0.0685. The maximum absolute atomic E-state index is 12.4. The molecule has 1 aliphatic rings. The molecule has 2 amide bonds. The van der Waals surface area contributed by atoms with Crippen molar-refractivity contribution in [2.45, 2.75) is 25.7 Å². The van der Waals surface area contributed by atoms with Gasteiger partial charge < -0.3 is 15.0 Å². The second kappa shape index (κ2) is 6.89. The number of ether oxygens (including phenoxy) is 1. The first-order valence-corrected chi connectivity index (χ1v) is 8.27. The highest BCUT2D eigenvalue weighted by molar-refractivity contribution is 7.07. The molecule has 0 spiro atoms. The minimum absolute atomic E-state index is 0.0271. The van der Waals surface area contributed by atoms with Crippen LogP contribution < -0.4 is 5.32 Å². The number of urea groups is 1. The average molecular weight is 317 g/mol. The van der Waals surface area contributed by atoms with Crippen LogP contribution in [-0.2, 0) is 11.3 Å². The van der Waals surface area contributed by atoms with Gasteiger partial charge >= 0.3 is 6.03 Å². The van der Waals surface area contributed by atoms with Crippen LogP contribution in [0.1, 0.15) is 24.3 Å². The molecule has 22 heavy (non-hydrogen) atoms. The zero-order chi connectivity index (χ0) is 15.4. The Morgan fingerprint density at radius 2 is 2.36 bits per heavy atom. The lowest BCUT2D eigenvalue weighted by atomic mass is 10.1. The summed E-state index contributed by atoms with van der Waals surface area (Å²) in [6.07, 6.45) is 1.71. The largest absolute Gasteiger partial charge is 0.367 e. The van der Waals surface area contributed by atoms with E-state index in [0.717, 1.165) is 11.3 Å². The summed E-state index contributed by atoms with van der Waals surface area (Å²) in [5.74, 6) is 0. The highest BCUT2D eigenvalue weighted by Crippen LogP contribution is 2.26. The number of amides is 2. The molecule has 1 fully saturated rings. The number of rotatable bonds is 3. The molecule has 0 radical (unpaired) electrons. The Hall–Kier alpha value is -1.92.